The summed E-state index contributed by atoms with van der Waals surface area (Å²) in [5.74, 6) is -0.640. The molecule has 0 heterocycles. The lowest BCUT2D eigenvalue weighted by molar-refractivity contribution is -0.384. The fraction of sp³-hybridized carbons (Fsp3) is 0.222. The van der Waals surface area contributed by atoms with E-state index in [-0.39, 0.29) is 29.0 Å². The van der Waals surface area contributed by atoms with Crippen molar-refractivity contribution in [2.75, 3.05) is 18.5 Å². The monoisotopic (exact) mass is 321 g/mol. The molecule has 0 aliphatic heterocycles. The normalized spacial score (nSPS) is 9.89. The van der Waals surface area contributed by atoms with Crippen molar-refractivity contribution in [3.8, 4) is 0 Å². The molecule has 0 spiro atoms. The summed E-state index contributed by atoms with van der Waals surface area (Å²) in [6, 6.07) is 2.03. The van der Waals surface area contributed by atoms with Crippen LogP contribution in [-0.2, 0) is 4.74 Å². The van der Waals surface area contributed by atoms with Crippen LogP contribution in [0.15, 0.2) is 16.6 Å². The molecule has 98 valence electrons. The van der Waals surface area contributed by atoms with Gasteiger partial charge < -0.3 is 15.8 Å². The Hall–Kier alpha value is -1.90. The highest BCUT2D eigenvalue weighted by Crippen LogP contribution is 2.30. The molecule has 1 amide bonds. The molecule has 1 rings (SSSR count). The smallest absolute Gasteiger partial charge is 0.404 e. The van der Waals surface area contributed by atoms with Crippen molar-refractivity contribution in [3.05, 3.63) is 32.5 Å². The molecule has 1 aromatic rings. The number of carbonyl (C=O) groups excluding carboxylic acids is 1. The van der Waals surface area contributed by atoms with Crippen LogP contribution >= 0.6 is 15.9 Å². The Kier molecular flexibility index (Phi) is 4.84. The second-order valence-electron chi connectivity index (χ2n) is 3.13. The fourth-order valence-corrected chi connectivity index (χ4v) is 1.50. The summed E-state index contributed by atoms with van der Waals surface area (Å²) in [5.41, 5.74) is 4.44. The predicted octanol–water partition coefficient (Wildman–Crippen LogP) is 2.00. The molecule has 0 aliphatic rings. The molecule has 0 unspecified atom stereocenters. The number of anilines is 1. The summed E-state index contributed by atoms with van der Waals surface area (Å²) >= 11 is 2.86. The van der Waals surface area contributed by atoms with Gasteiger partial charge in [-0.25, -0.2) is 9.18 Å². The zero-order chi connectivity index (χ0) is 13.7. The summed E-state index contributed by atoms with van der Waals surface area (Å²) in [7, 11) is 0. The summed E-state index contributed by atoms with van der Waals surface area (Å²) < 4.78 is 17.7. The molecule has 0 fully saturated rings. The number of nitrogens with one attached hydrogen (secondary N) is 1. The van der Waals surface area contributed by atoms with Crippen molar-refractivity contribution in [2.45, 2.75) is 0 Å². The molecule has 0 aliphatic carbocycles. The van der Waals surface area contributed by atoms with E-state index in [2.05, 4.69) is 26.0 Å². The first kappa shape index (κ1) is 14.2. The first-order valence-electron chi connectivity index (χ1n) is 4.71. The molecule has 1 aromatic carbocycles. The second-order valence-corrected chi connectivity index (χ2v) is 3.99. The van der Waals surface area contributed by atoms with E-state index in [4.69, 9.17) is 5.73 Å². The summed E-state index contributed by atoms with van der Waals surface area (Å²) in [5, 5.41) is 13.3. The van der Waals surface area contributed by atoms with E-state index in [0.29, 0.717) is 0 Å². The molecule has 3 N–H and O–H groups in total. The number of hydrogen-bond acceptors (Lipinski definition) is 5. The minimum absolute atomic E-state index is 0.00577. The van der Waals surface area contributed by atoms with E-state index in [1.807, 2.05) is 0 Å². The molecule has 9 heteroatoms. The topological polar surface area (TPSA) is 107 Å². The van der Waals surface area contributed by atoms with Crippen molar-refractivity contribution in [1.82, 2.24) is 0 Å². The number of nitro groups is 1. The van der Waals surface area contributed by atoms with Gasteiger partial charge in [0.15, 0.2) is 0 Å². The third-order valence-corrected chi connectivity index (χ3v) is 2.50. The second kappa shape index (κ2) is 6.15. The van der Waals surface area contributed by atoms with Crippen LogP contribution in [0.25, 0.3) is 0 Å². The van der Waals surface area contributed by atoms with Crippen molar-refractivity contribution in [2.24, 2.45) is 5.73 Å². The predicted molar refractivity (Wildman–Crippen MR) is 64.8 cm³/mol. The van der Waals surface area contributed by atoms with Crippen molar-refractivity contribution in [3.63, 3.8) is 0 Å². The number of nitro benzene ring substituents is 1. The van der Waals surface area contributed by atoms with Crippen molar-refractivity contribution >= 4 is 33.4 Å². The summed E-state index contributed by atoms with van der Waals surface area (Å²) in [4.78, 5) is 20.4. The van der Waals surface area contributed by atoms with E-state index < -0.39 is 16.8 Å². The van der Waals surface area contributed by atoms with Gasteiger partial charge in [-0.2, -0.15) is 0 Å². The van der Waals surface area contributed by atoms with Crippen molar-refractivity contribution in [1.29, 1.82) is 0 Å². The van der Waals surface area contributed by atoms with Crippen LogP contribution in [0, 0.1) is 15.9 Å². The van der Waals surface area contributed by atoms with E-state index >= 15 is 0 Å². The lowest BCUT2D eigenvalue weighted by atomic mass is 10.2. The van der Waals surface area contributed by atoms with Gasteiger partial charge in [0.25, 0.3) is 5.69 Å². The standard InChI is InChI=1S/C9H9BrFN3O4/c10-5-3-8(14(16)17)7(4-6(5)11)13-1-2-18-9(12)15/h3-4,13H,1-2H2,(H2,12,15). The van der Waals surface area contributed by atoms with Crippen LogP contribution in [-0.4, -0.2) is 24.2 Å². The maximum absolute atomic E-state index is 13.2. The lowest BCUT2D eigenvalue weighted by Crippen LogP contribution is -2.18. The Balaban J connectivity index is 2.77. The Morgan fingerprint density at radius 3 is 2.83 bits per heavy atom. The maximum Gasteiger partial charge on any atom is 0.404 e. The number of primary amides is 1. The number of ether oxygens (including phenoxy) is 1. The molecular formula is C9H9BrFN3O4. The minimum atomic E-state index is -0.951. The Labute approximate surface area is 109 Å². The van der Waals surface area contributed by atoms with Crippen LogP contribution < -0.4 is 11.1 Å². The maximum atomic E-state index is 13.2. The van der Waals surface area contributed by atoms with Crippen molar-refractivity contribution < 1.29 is 18.8 Å². The number of benzene rings is 1. The lowest BCUT2D eigenvalue weighted by Gasteiger charge is -2.07. The van der Waals surface area contributed by atoms with Gasteiger partial charge in [0.1, 0.15) is 18.1 Å². The van der Waals surface area contributed by atoms with E-state index in [9.17, 15) is 19.3 Å². The highest BCUT2D eigenvalue weighted by Gasteiger charge is 2.17. The SMILES string of the molecule is NC(=O)OCCNc1cc(F)c(Br)cc1[N+](=O)[O-]. The third kappa shape index (κ3) is 3.84. The first-order chi connectivity index (χ1) is 8.41. The van der Waals surface area contributed by atoms with Gasteiger partial charge in [0, 0.05) is 18.7 Å². The highest BCUT2D eigenvalue weighted by atomic mass is 79.9. The molecule has 0 saturated heterocycles. The molecule has 0 aromatic heterocycles. The zero-order valence-corrected chi connectivity index (χ0v) is 10.6. The Morgan fingerprint density at radius 1 is 1.61 bits per heavy atom. The average molecular weight is 322 g/mol. The van der Waals surface area contributed by atoms with Crippen LogP contribution in [0.4, 0.5) is 20.6 Å². The molecular weight excluding hydrogens is 313 g/mol. The van der Waals surface area contributed by atoms with Crippen LogP contribution in [0.3, 0.4) is 0 Å². The van der Waals surface area contributed by atoms with Gasteiger partial charge in [-0.1, -0.05) is 0 Å². The first-order valence-corrected chi connectivity index (χ1v) is 5.50. The number of nitrogens with zero attached hydrogens (tertiary/aromatic N) is 1. The number of carbonyl (C=O) groups is 1. The highest BCUT2D eigenvalue weighted by molar-refractivity contribution is 9.10. The fourth-order valence-electron chi connectivity index (χ4n) is 1.17. The van der Waals surface area contributed by atoms with Gasteiger partial charge in [-0.15, -0.1) is 0 Å². The summed E-state index contributed by atoms with van der Waals surface area (Å²) in [6.07, 6.45) is -0.951. The number of nitrogens with two attached hydrogens (primary N) is 1. The van der Waals surface area contributed by atoms with Crippen LogP contribution in [0.2, 0.25) is 0 Å². The quantitative estimate of drug-likeness (QED) is 0.490. The largest absolute Gasteiger partial charge is 0.448 e. The van der Waals surface area contributed by atoms with E-state index in [1.54, 1.807) is 0 Å². The molecule has 0 radical (unpaired) electrons. The van der Waals surface area contributed by atoms with E-state index in [1.165, 1.54) is 0 Å². The van der Waals surface area contributed by atoms with Crippen LogP contribution in [0.1, 0.15) is 0 Å². The Morgan fingerprint density at radius 2 is 2.28 bits per heavy atom. The Bertz CT molecular complexity index is 483. The molecule has 7 nitrogen and oxygen atoms in total. The number of halogens is 2. The molecule has 0 bridgehead atoms. The van der Waals surface area contributed by atoms with Gasteiger partial charge in [-0.3, -0.25) is 10.1 Å². The zero-order valence-electron chi connectivity index (χ0n) is 8.98. The molecule has 0 saturated carbocycles. The minimum Gasteiger partial charge on any atom is -0.448 e. The van der Waals surface area contributed by atoms with Gasteiger partial charge in [0.2, 0.25) is 0 Å². The van der Waals surface area contributed by atoms with Gasteiger partial charge in [0.05, 0.1) is 9.40 Å². The molecule has 18 heavy (non-hydrogen) atoms. The van der Waals surface area contributed by atoms with Crippen LogP contribution in [0.5, 0.6) is 0 Å². The van der Waals surface area contributed by atoms with Gasteiger partial charge >= 0.3 is 6.09 Å². The third-order valence-electron chi connectivity index (χ3n) is 1.90. The number of amides is 1. The number of hydrogen-bond donors (Lipinski definition) is 2. The van der Waals surface area contributed by atoms with Gasteiger partial charge in [-0.05, 0) is 15.9 Å². The molecule has 0 atom stereocenters. The van der Waals surface area contributed by atoms with E-state index in [0.717, 1.165) is 12.1 Å². The number of rotatable bonds is 5. The summed E-state index contributed by atoms with van der Waals surface area (Å²) in [6.45, 7) is -0.00494. The average Bonchev–Trinajstić information content (AvgIpc) is 2.28.